The zero-order valence-electron chi connectivity index (χ0n) is 20.2. The third-order valence-electron chi connectivity index (χ3n) is 5.71. The Morgan fingerprint density at radius 2 is 1.97 bits per heavy atom. The zero-order chi connectivity index (χ0) is 26.4. The predicted molar refractivity (Wildman–Crippen MR) is 143 cm³/mol. The zero-order valence-corrected chi connectivity index (χ0v) is 21.8. The number of amides is 1. The van der Waals surface area contributed by atoms with E-state index in [4.69, 9.17) is 5.26 Å². The number of hydrogen-bond donors (Lipinski definition) is 2. The second-order valence-electron chi connectivity index (χ2n) is 8.15. The molecule has 1 atom stereocenters. The minimum absolute atomic E-state index is 0.000265. The van der Waals surface area contributed by atoms with Crippen LogP contribution in [0, 0.1) is 30.0 Å². The number of hydrazone groups is 1. The molecule has 2 heterocycles. The molecule has 2 aromatic carbocycles. The molecule has 7 nitrogen and oxygen atoms in total. The maximum atomic E-state index is 14.8. The number of carbonyl (C=O) groups excluding carboxylic acids is 1. The Morgan fingerprint density at radius 3 is 2.65 bits per heavy atom. The topological polar surface area (TPSA) is 92.9 Å². The van der Waals surface area contributed by atoms with Gasteiger partial charge in [0, 0.05) is 24.0 Å². The van der Waals surface area contributed by atoms with Gasteiger partial charge < -0.3 is 5.32 Å². The highest BCUT2D eigenvalue weighted by atomic mass is 32.2. The van der Waals surface area contributed by atoms with Gasteiger partial charge in [-0.1, -0.05) is 42.1 Å². The number of rotatable bonds is 7. The van der Waals surface area contributed by atoms with Crippen LogP contribution in [0.3, 0.4) is 0 Å². The molecule has 1 aliphatic rings. The van der Waals surface area contributed by atoms with Crippen LogP contribution in [-0.4, -0.2) is 35.5 Å². The lowest BCUT2D eigenvalue weighted by atomic mass is 10.00. The number of nitriles is 1. The van der Waals surface area contributed by atoms with E-state index in [1.165, 1.54) is 28.1 Å². The molecule has 3 aromatic rings. The summed E-state index contributed by atoms with van der Waals surface area (Å²) >= 11 is 2.58. The molecule has 37 heavy (non-hydrogen) atoms. The summed E-state index contributed by atoms with van der Waals surface area (Å²) in [4.78, 5) is 18.3. The van der Waals surface area contributed by atoms with Crippen LogP contribution in [0.2, 0.25) is 0 Å². The Hall–Kier alpha value is -3.75. The lowest BCUT2D eigenvalue weighted by molar-refractivity contribution is 0.0642. The SMILES string of the molecule is CN=C(NC#N)NCCCC1(c2ccccc2)SC(c2cc(F)ccc2F)=NN1C(=O)c1ccc(C)s1. The van der Waals surface area contributed by atoms with Crippen LogP contribution in [-0.2, 0) is 4.87 Å². The summed E-state index contributed by atoms with van der Waals surface area (Å²) < 4.78 is 28.9. The number of nitrogens with zero attached hydrogens (tertiary/aromatic N) is 4. The molecule has 4 rings (SSSR count). The smallest absolute Gasteiger partial charge is 0.285 e. The molecular weight excluding hydrogens is 514 g/mol. The summed E-state index contributed by atoms with van der Waals surface area (Å²) in [6.45, 7) is 2.36. The fourth-order valence-corrected chi connectivity index (χ4v) is 6.19. The summed E-state index contributed by atoms with van der Waals surface area (Å²) in [6.07, 6.45) is 2.81. The van der Waals surface area contributed by atoms with Crippen molar-refractivity contribution in [2.75, 3.05) is 13.6 Å². The quantitative estimate of drug-likeness (QED) is 0.142. The number of benzene rings is 2. The fourth-order valence-electron chi connectivity index (χ4n) is 3.98. The van der Waals surface area contributed by atoms with Crippen LogP contribution < -0.4 is 10.6 Å². The van der Waals surface area contributed by atoms with E-state index in [-0.39, 0.29) is 16.5 Å². The Labute approximate surface area is 221 Å². The van der Waals surface area contributed by atoms with E-state index in [9.17, 15) is 13.6 Å². The van der Waals surface area contributed by atoms with Crippen LogP contribution in [0.5, 0.6) is 0 Å². The molecule has 1 unspecified atom stereocenters. The van der Waals surface area contributed by atoms with Gasteiger partial charge in [0.2, 0.25) is 5.96 Å². The van der Waals surface area contributed by atoms with Gasteiger partial charge in [0.1, 0.15) is 21.5 Å². The van der Waals surface area contributed by atoms with Crippen molar-refractivity contribution >= 4 is 40.0 Å². The van der Waals surface area contributed by atoms with E-state index in [0.717, 1.165) is 28.6 Å². The lowest BCUT2D eigenvalue weighted by Crippen LogP contribution is -2.42. The van der Waals surface area contributed by atoms with Crippen LogP contribution in [0.4, 0.5) is 8.78 Å². The summed E-state index contributed by atoms with van der Waals surface area (Å²) in [6, 6.07) is 16.2. The van der Waals surface area contributed by atoms with E-state index in [2.05, 4.69) is 20.7 Å². The van der Waals surface area contributed by atoms with E-state index in [1.807, 2.05) is 49.5 Å². The highest BCUT2D eigenvalue weighted by Gasteiger charge is 2.49. The summed E-state index contributed by atoms with van der Waals surface area (Å²) in [7, 11) is 1.56. The van der Waals surface area contributed by atoms with E-state index >= 15 is 0 Å². The molecule has 0 saturated heterocycles. The molecule has 0 fully saturated rings. The van der Waals surface area contributed by atoms with Gasteiger partial charge in [-0.25, -0.2) is 13.8 Å². The van der Waals surface area contributed by atoms with Crippen molar-refractivity contribution < 1.29 is 13.6 Å². The van der Waals surface area contributed by atoms with E-state index in [0.29, 0.717) is 30.2 Å². The van der Waals surface area contributed by atoms with Crippen LogP contribution in [0.1, 0.15) is 38.5 Å². The van der Waals surface area contributed by atoms with Gasteiger partial charge in [0.05, 0.1) is 4.88 Å². The standard InChI is InChI=1S/C26H24F2N6OS2/c1-17-9-12-22(36-17)24(35)34-26(18-7-4-3-5-8-18,13-6-14-31-25(30-2)32-16-29)37-23(33-34)20-15-19(27)10-11-21(20)28/h3-5,7-12,15H,6,13-14H2,1-2H3,(H2,30,31,32). The monoisotopic (exact) mass is 538 g/mol. The molecular formula is C26H24F2N6OS2. The minimum Gasteiger partial charge on any atom is -0.356 e. The van der Waals surface area contributed by atoms with Crippen molar-refractivity contribution in [1.29, 1.82) is 5.26 Å². The first-order valence-corrected chi connectivity index (χ1v) is 13.1. The van der Waals surface area contributed by atoms with Crippen molar-refractivity contribution in [3.05, 3.63) is 93.2 Å². The highest BCUT2D eigenvalue weighted by molar-refractivity contribution is 8.15. The Morgan fingerprint density at radius 1 is 1.19 bits per heavy atom. The molecule has 1 aliphatic heterocycles. The Bertz CT molecular complexity index is 1390. The largest absolute Gasteiger partial charge is 0.356 e. The molecule has 0 saturated carbocycles. The van der Waals surface area contributed by atoms with Crippen LogP contribution in [0.25, 0.3) is 0 Å². The Balaban J connectivity index is 1.75. The molecule has 2 N–H and O–H groups in total. The molecule has 190 valence electrons. The first kappa shape index (κ1) is 26.3. The third kappa shape index (κ3) is 5.65. The average molecular weight is 539 g/mol. The third-order valence-corrected chi connectivity index (χ3v) is 8.14. The second kappa shape index (κ2) is 11.5. The molecule has 0 bridgehead atoms. The number of thiophene rings is 1. The lowest BCUT2D eigenvalue weighted by Gasteiger charge is -2.36. The maximum absolute atomic E-state index is 14.8. The van der Waals surface area contributed by atoms with Gasteiger partial charge in [-0.15, -0.1) is 11.3 Å². The van der Waals surface area contributed by atoms with Gasteiger partial charge in [0.25, 0.3) is 5.91 Å². The number of hydrogen-bond acceptors (Lipinski definition) is 6. The normalized spacial score (nSPS) is 17.3. The second-order valence-corrected chi connectivity index (χ2v) is 10.7. The van der Waals surface area contributed by atoms with Gasteiger partial charge in [-0.05, 0) is 55.7 Å². The average Bonchev–Trinajstić information content (AvgIpc) is 3.52. The van der Waals surface area contributed by atoms with Crippen molar-refractivity contribution in [1.82, 2.24) is 15.6 Å². The predicted octanol–water partition coefficient (Wildman–Crippen LogP) is 5.16. The minimum atomic E-state index is -1.02. The summed E-state index contributed by atoms with van der Waals surface area (Å²) in [5, 5.41) is 20.6. The number of thioether (sulfide) groups is 1. The molecule has 0 radical (unpaired) electrons. The summed E-state index contributed by atoms with van der Waals surface area (Å²) in [5.74, 6) is -1.21. The number of aliphatic imine (C=N–C) groups is 1. The number of nitrogens with one attached hydrogen (secondary N) is 2. The summed E-state index contributed by atoms with van der Waals surface area (Å²) in [5.41, 5.74) is 0.802. The van der Waals surface area contributed by atoms with Gasteiger partial charge >= 0.3 is 0 Å². The van der Waals surface area contributed by atoms with Crippen molar-refractivity contribution in [3.63, 3.8) is 0 Å². The highest BCUT2D eigenvalue weighted by Crippen LogP contribution is 2.51. The number of guanidine groups is 1. The van der Waals surface area contributed by atoms with E-state index in [1.54, 1.807) is 13.1 Å². The molecule has 0 spiro atoms. The number of carbonyl (C=O) groups is 1. The molecule has 1 amide bonds. The van der Waals surface area contributed by atoms with Crippen molar-refractivity contribution in [3.8, 4) is 6.19 Å². The van der Waals surface area contributed by atoms with Crippen molar-refractivity contribution in [2.45, 2.75) is 24.6 Å². The van der Waals surface area contributed by atoms with E-state index < -0.39 is 16.5 Å². The fraction of sp³-hybridized carbons (Fsp3) is 0.231. The Kier molecular flexibility index (Phi) is 8.21. The molecule has 11 heteroatoms. The number of aryl methyl sites for hydroxylation is 1. The maximum Gasteiger partial charge on any atom is 0.285 e. The molecule has 0 aliphatic carbocycles. The van der Waals surface area contributed by atoms with Gasteiger partial charge in [-0.3, -0.25) is 15.1 Å². The van der Waals surface area contributed by atoms with Gasteiger partial charge in [0.15, 0.2) is 6.19 Å². The first-order chi connectivity index (χ1) is 17.9. The van der Waals surface area contributed by atoms with Crippen LogP contribution in [0.15, 0.2) is 70.8 Å². The molecule has 1 aromatic heterocycles. The van der Waals surface area contributed by atoms with Crippen molar-refractivity contribution in [2.24, 2.45) is 10.1 Å². The van der Waals surface area contributed by atoms with Gasteiger partial charge in [-0.2, -0.15) is 10.4 Å². The number of halogens is 2. The van der Waals surface area contributed by atoms with Crippen LogP contribution >= 0.6 is 23.1 Å². The first-order valence-electron chi connectivity index (χ1n) is 11.4.